The fraction of sp³-hybridized carbons (Fsp3) is 0.400. The molecule has 0 atom stereocenters. The normalized spacial score (nSPS) is 11.4. The molecular formula is C20H26ClO2P. The highest BCUT2D eigenvalue weighted by Gasteiger charge is 2.24. The molecule has 0 spiro atoms. The molecule has 0 aliphatic heterocycles. The lowest BCUT2D eigenvalue weighted by Crippen LogP contribution is -2.21. The van der Waals surface area contributed by atoms with E-state index in [-0.39, 0.29) is 12.2 Å². The molecular weight excluding hydrogens is 339 g/mol. The Labute approximate surface area is 151 Å². The predicted molar refractivity (Wildman–Crippen MR) is 106 cm³/mol. The number of hydrogen-bond donors (Lipinski definition) is 0. The fourth-order valence-electron chi connectivity index (χ4n) is 2.58. The van der Waals surface area contributed by atoms with E-state index >= 15 is 0 Å². The van der Waals surface area contributed by atoms with E-state index in [2.05, 4.69) is 26.0 Å². The first-order valence-corrected chi connectivity index (χ1v) is 10.5. The lowest BCUT2D eigenvalue weighted by molar-refractivity contribution is 0.244. The maximum atomic E-state index is 7.02. The minimum absolute atomic E-state index is 0.105. The molecule has 4 heteroatoms. The van der Waals surface area contributed by atoms with Crippen molar-refractivity contribution in [2.75, 3.05) is 0 Å². The lowest BCUT2D eigenvalue weighted by Gasteiger charge is -2.23. The van der Waals surface area contributed by atoms with Crippen LogP contribution in [0, 0.1) is 13.8 Å². The van der Waals surface area contributed by atoms with Crippen LogP contribution in [0.25, 0.3) is 0 Å². The Bertz CT molecular complexity index is 639. The Morgan fingerprint density at radius 1 is 0.750 bits per heavy atom. The van der Waals surface area contributed by atoms with E-state index in [1.807, 2.05) is 52.0 Å². The Morgan fingerprint density at radius 2 is 1.12 bits per heavy atom. The summed E-state index contributed by atoms with van der Waals surface area (Å²) in [6.45, 7) is 12.3. The maximum Gasteiger partial charge on any atom is 0.129 e. The van der Waals surface area contributed by atoms with Gasteiger partial charge in [0.15, 0.2) is 0 Å². The van der Waals surface area contributed by atoms with E-state index in [1.54, 1.807) is 0 Å². The summed E-state index contributed by atoms with van der Waals surface area (Å²) in [5.41, 5.74) is 2.29. The van der Waals surface area contributed by atoms with Crippen LogP contribution in [-0.4, -0.2) is 12.2 Å². The molecule has 0 saturated carbocycles. The zero-order chi connectivity index (χ0) is 17.9. The number of rotatable bonds is 6. The van der Waals surface area contributed by atoms with Gasteiger partial charge in [-0.15, -0.1) is 0 Å². The van der Waals surface area contributed by atoms with Gasteiger partial charge in [0.25, 0.3) is 0 Å². The molecule has 0 bridgehead atoms. The second-order valence-corrected chi connectivity index (χ2v) is 8.93. The largest absolute Gasteiger partial charge is 0.490 e. The van der Waals surface area contributed by atoms with Gasteiger partial charge < -0.3 is 9.47 Å². The minimum Gasteiger partial charge on any atom is -0.490 e. The average Bonchev–Trinajstić information content (AvgIpc) is 2.45. The van der Waals surface area contributed by atoms with Crippen molar-refractivity contribution in [1.29, 1.82) is 0 Å². The van der Waals surface area contributed by atoms with Crippen LogP contribution in [0.2, 0.25) is 0 Å². The third-order valence-electron chi connectivity index (χ3n) is 3.52. The van der Waals surface area contributed by atoms with Crippen LogP contribution in [-0.2, 0) is 0 Å². The summed E-state index contributed by atoms with van der Waals surface area (Å²) in [4.78, 5) is 0. The molecule has 0 aliphatic carbocycles. The molecule has 0 unspecified atom stereocenters. The quantitative estimate of drug-likeness (QED) is 0.633. The number of aryl methyl sites for hydroxylation is 2. The summed E-state index contributed by atoms with van der Waals surface area (Å²) in [6.07, 6.45) is 0.211. The van der Waals surface area contributed by atoms with Crippen LogP contribution < -0.4 is 20.1 Å². The van der Waals surface area contributed by atoms with Crippen LogP contribution in [0.15, 0.2) is 36.4 Å². The van der Waals surface area contributed by atoms with Crippen LogP contribution in [0.1, 0.15) is 38.8 Å². The molecule has 130 valence electrons. The van der Waals surface area contributed by atoms with Crippen molar-refractivity contribution < 1.29 is 9.47 Å². The monoisotopic (exact) mass is 364 g/mol. The molecule has 2 aromatic carbocycles. The predicted octanol–water partition coefficient (Wildman–Crippen LogP) is 5.46. The minimum atomic E-state index is -1.09. The average molecular weight is 365 g/mol. The Kier molecular flexibility index (Phi) is 6.54. The van der Waals surface area contributed by atoms with Gasteiger partial charge in [-0.25, -0.2) is 0 Å². The van der Waals surface area contributed by atoms with Crippen molar-refractivity contribution in [1.82, 2.24) is 0 Å². The van der Waals surface area contributed by atoms with E-state index in [4.69, 9.17) is 20.7 Å². The Hall–Kier alpha value is -1.24. The van der Waals surface area contributed by atoms with Gasteiger partial charge in [-0.05, 0) is 64.8 Å². The van der Waals surface area contributed by atoms with Crippen LogP contribution in [0.3, 0.4) is 0 Å². The van der Waals surface area contributed by atoms with Crippen molar-refractivity contribution in [2.24, 2.45) is 0 Å². The lowest BCUT2D eigenvalue weighted by atomic mass is 10.2. The third-order valence-corrected chi connectivity index (χ3v) is 6.47. The van der Waals surface area contributed by atoms with Gasteiger partial charge in [-0.3, -0.25) is 0 Å². The first-order valence-electron chi connectivity index (χ1n) is 8.29. The molecule has 0 saturated heterocycles. The topological polar surface area (TPSA) is 18.5 Å². The van der Waals surface area contributed by atoms with E-state index in [0.29, 0.717) is 0 Å². The molecule has 0 amide bonds. The second-order valence-electron chi connectivity index (χ2n) is 6.46. The molecule has 0 aliphatic rings. The summed E-state index contributed by atoms with van der Waals surface area (Å²) < 4.78 is 12.0. The van der Waals surface area contributed by atoms with Crippen molar-refractivity contribution in [2.45, 2.75) is 53.8 Å². The number of ether oxygens (including phenoxy) is 2. The molecule has 0 radical (unpaired) electrons. The van der Waals surface area contributed by atoms with E-state index in [0.717, 1.165) is 33.2 Å². The van der Waals surface area contributed by atoms with Gasteiger partial charge in [0.2, 0.25) is 0 Å². The zero-order valence-electron chi connectivity index (χ0n) is 15.3. The Balaban J connectivity index is 2.55. The standard InChI is InChI=1S/C20H26ClO2P/c1-13(2)22-17-11-7-9-15(5)19(17)24(21)20-16(6)10-8-12-18(20)23-14(3)4/h7-14H,1-6H3. The molecule has 24 heavy (non-hydrogen) atoms. The SMILES string of the molecule is Cc1cccc(OC(C)C)c1P(Cl)c1c(C)cccc1OC(C)C. The summed E-state index contributed by atoms with van der Waals surface area (Å²) in [6, 6.07) is 12.2. The van der Waals surface area contributed by atoms with Crippen LogP contribution in [0.4, 0.5) is 0 Å². The molecule has 2 aromatic rings. The van der Waals surface area contributed by atoms with Crippen LogP contribution >= 0.6 is 18.5 Å². The van der Waals surface area contributed by atoms with Gasteiger partial charge in [0, 0.05) is 10.6 Å². The highest BCUT2D eigenvalue weighted by Crippen LogP contribution is 2.46. The number of hydrogen-bond acceptors (Lipinski definition) is 2. The van der Waals surface area contributed by atoms with Gasteiger partial charge in [0.1, 0.15) is 11.5 Å². The zero-order valence-corrected chi connectivity index (χ0v) is 16.9. The van der Waals surface area contributed by atoms with E-state index in [1.165, 1.54) is 0 Å². The van der Waals surface area contributed by atoms with E-state index in [9.17, 15) is 0 Å². The van der Waals surface area contributed by atoms with Gasteiger partial charge in [0.05, 0.1) is 19.5 Å². The molecule has 0 heterocycles. The summed E-state index contributed by atoms with van der Waals surface area (Å²) in [5.74, 6) is 1.73. The van der Waals surface area contributed by atoms with Gasteiger partial charge in [-0.1, -0.05) is 35.5 Å². The Morgan fingerprint density at radius 3 is 1.46 bits per heavy atom. The van der Waals surface area contributed by atoms with Crippen molar-refractivity contribution in [3.05, 3.63) is 47.5 Å². The molecule has 0 aromatic heterocycles. The molecule has 0 N–H and O–H groups in total. The molecule has 2 rings (SSSR count). The number of halogens is 1. The smallest absolute Gasteiger partial charge is 0.129 e. The van der Waals surface area contributed by atoms with Crippen molar-refractivity contribution in [3.63, 3.8) is 0 Å². The van der Waals surface area contributed by atoms with Crippen molar-refractivity contribution >= 4 is 29.1 Å². The molecule has 2 nitrogen and oxygen atoms in total. The highest BCUT2D eigenvalue weighted by atomic mass is 35.7. The first kappa shape index (κ1) is 19.1. The van der Waals surface area contributed by atoms with Crippen molar-refractivity contribution in [3.8, 4) is 11.5 Å². The fourth-order valence-corrected chi connectivity index (χ4v) is 5.51. The number of benzene rings is 2. The van der Waals surface area contributed by atoms with Crippen LogP contribution in [0.5, 0.6) is 11.5 Å². The first-order chi connectivity index (χ1) is 11.3. The summed E-state index contributed by atoms with van der Waals surface area (Å²) in [5, 5.41) is 2.15. The third kappa shape index (κ3) is 4.43. The van der Waals surface area contributed by atoms with Gasteiger partial charge >= 0.3 is 0 Å². The summed E-state index contributed by atoms with van der Waals surface area (Å²) >= 11 is 7.02. The van der Waals surface area contributed by atoms with E-state index < -0.39 is 7.27 Å². The van der Waals surface area contributed by atoms with Gasteiger partial charge in [-0.2, -0.15) is 0 Å². The molecule has 0 fully saturated rings. The highest BCUT2D eigenvalue weighted by molar-refractivity contribution is 7.96. The second kappa shape index (κ2) is 8.23. The summed E-state index contributed by atoms with van der Waals surface area (Å²) in [7, 11) is -1.09. The maximum absolute atomic E-state index is 7.02.